The van der Waals surface area contributed by atoms with E-state index in [0.717, 1.165) is 18.2 Å². The molecule has 130 valence electrons. The Morgan fingerprint density at radius 2 is 1.79 bits per heavy atom. The molecule has 2 rings (SSSR count). The van der Waals surface area contributed by atoms with Crippen molar-refractivity contribution in [2.75, 3.05) is 20.8 Å². The zero-order chi connectivity index (χ0) is 17.7. The number of halogens is 2. The van der Waals surface area contributed by atoms with E-state index in [0.29, 0.717) is 17.1 Å². The smallest absolute Gasteiger partial charge is 0.128 e. The minimum absolute atomic E-state index is 0.140. The van der Waals surface area contributed by atoms with Gasteiger partial charge in [0.05, 0.1) is 20.3 Å². The maximum atomic E-state index is 13.8. The van der Waals surface area contributed by atoms with Gasteiger partial charge in [0.15, 0.2) is 0 Å². The van der Waals surface area contributed by atoms with Crippen LogP contribution in [-0.2, 0) is 0 Å². The Balaban J connectivity index is 2.10. The van der Waals surface area contributed by atoms with Gasteiger partial charge in [0.25, 0.3) is 0 Å². The Morgan fingerprint density at radius 1 is 1.04 bits per heavy atom. The molecule has 4 nitrogen and oxygen atoms in total. The molecule has 0 aliphatic rings. The van der Waals surface area contributed by atoms with Crippen LogP contribution in [0.25, 0.3) is 0 Å². The van der Waals surface area contributed by atoms with Crippen LogP contribution in [0, 0.1) is 11.6 Å². The third kappa shape index (κ3) is 4.21. The maximum absolute atomic E-state index is 13.8. The average Bonchev–Trinajstić information content (AvgIpc) is 2.60. The minimum Gasteiger partial charge on any atom is -0.497 e. The van der Waals surface area contributed by atoms with Gasteiger partial charge >= 0.3 is 0 Å². The SMILES string of the molecule is COc1ccc(OC)c(C(O)CNC(C)c2cc(F)ccc2F)c1. The van der Waals surface area contributed by atoms with Crippen molar-refractivity contribution in [3.05, 3.63) is 59.2 Å². The lowest BCUT2D eigenvalue weighted by Crippen LogP contribution is -2.25. The van der Waals surface area contributed by atoms with E-state index in [4.69, 9.17) is 9.47 Å². The van der Waals surface area contributed by atoms with E-state index in [9.17, 15) is 13.9 Å². The highest BCUT2D eigenvalue weighted by Gasteiger charge is 2.17. The van der Waals surface area contributed by atoms with Crippen LogP contribution in [-0.4, -0.2) is 25.9 Å². The van der Waals surface area contributed by atoms with Crippen LogP contribution in [0.3, 0.4) is 0 Å². The van der Waals surface area contributed by atoms with Crippen molar-refractivity contribution in [1.82, 2.24) is 5.32 Å². The highest BCUT2D eigenvalue weighted by atomic mass is 19.1. The van der Waals surface area contributed by atoms with E-state index in [-0.39, 0.29) is 12.1 Å². The first-order valence-corrected chi connectivity index (χ1v) is 7.54. The molecule has 24 heavy (non-hydrogen) atoms. The fraction of sp³-hybridized carbons (Fsp3) is 0.333. The van der Waals surface area contributed by atoms with Crippen LogP contribution in [0.1, 0.15) is 30.2 Å². The third-order valence-electron chi connectivity index (χ3n) is 3.84. The van der Waals surface area contributed by atoms with Crippen molar-refractivity contribution in [3.8, 4) is 11.5 Å². The summed E-state index contributed by atoms with van der Waals surface area (Å²) in [5, 5.41) is 13.4. The molecule has 0 aromatic heterocycles. The molecule has 0 aliphatic carbocycles. The second-order valence-corrected chi connectivity index (χ2v) is 5.42. The average molecular weight is 337 g/mol. The van der Waals surface area contributed by atoms with Gasteiger partial charge in [-0.05, 0) is 43.3 Å². The lowest BCUT2D eigenvalue weighted by molar-refractivity contribution is 0.166. The van der Waals surface area contributed by atoms with E-state index in [1.807, 2.05) is 0 Å². The quantitative estimate of drug-likeness (QED) is 0.813. The summed E-state index contributed by atoms with van der Waals surface area (Å²) in [7, 11) is 3.04. The minimum atomic E-state index is -0.894. The number of aliphatic hydroxyl groups is 1. The molecule has 2 aromatic carbocycles. The molecule has 0 aliphatic heterocycles. The van der Waals surface area contributed by atoms with E-state index in [1.165, 1.54) is 14.2 Å². The number of methoxy groups -OCH3 is 2. The maximum Gasteiger partial charge on any atom is 0.128 e. The van der Waals surface area contributed by atoms with Crippen LogP contribution in [0.15, 0.2) is 36.4 Å². The first-order valence-electron chi connectivity index (χ1n) is 7.54. The predicted octanol–water partition coefficient (Wildman–Crippen LogP) is 3.37. The van der Waals surface area contributed by atoms with Gasteiger partial charge in [-0.2, -0.15) is 0 Å². The van der Waals surface area contributed by atoms with Crippen molar-refractivity contribution in [2.24, 2.45) is 0 Å². The van der Waals surface area contributed by atoms with Gasteiger partial charge in [-0.25, -0.2) is 8.78 Å². The van der Waals surface area contributed by atoms with Crippen molar-refractivity contribution < 1.29 is 23.4 Å². The molecule has 6 heteroatoms. The van der Waals surface area contributed by atoms with E-state index in [1.54, 1.807) is 25.1 Å². The van der Waals surface area contributed by atoms with Crippen LogP contribution in [0.5, 0.6) is 11.5 Å². The summed E-state index contributed by atoms with van der Waals surface area (Å²) in [6.45, 7) is 1.84. The van der Waals surface area contributed by atoms with Gasteiger partial charge in [0, 0.05) is 23.7 Å². The molecule has 0 saturated heterocycles. The second kappa shape index (κ2) is 8.08. The van der Waals surface area contributed by atoms with Crippen molar-refractivity contribution in [2.45, 2.75) is 19.1 Å². The van der Waals surface area contributed by atoms with Crippen LogP contribution in [0.4, 0.5) is 8.78 Å². The number of nitrogens with one attached hydrogen (secondary N) is 1. The summed E-state index contributed by atoms with van der Waals surface area (Å²) in [6, 6.07) is 7.95. The van der Waals surface area contributed by atoms with Gasteiger partial charge in [-0.1, -0.05) is 0 Å². The van der Waals surface area contributed by atoms with Crippen molar-refractivity contribution >= 4 is 0 Å². The monoisotopic (exact) mass is 337 g/mol. The zero-order valence-electron chi connectivity index (χ0n) is 13.8. The summed E-state index contributed by atoms with van der Waals surface area (Å²) >= 11 is 0. The number of hydrogen-bond donors (Lipinski definition) is 2. The molecule has 2 aromatic rings. The topological polar surface area (TPSA) is 50.7 Å². The Hall–Kier alpha value is -2.18. The van der Waals surface area contributed by atoms with E-state index < -0.39 is 23.8 Å². The van der Waals surface area contributed by atoms with E-state index in [2.05, 4.69) is 5.32 Å². The Bertz CT molecular complexity index is 694. The number of benzene rings is 2. The largest absolute Gasteiger partial charge is 0.497 e. The summed E-state index contributed by atoms with van der Waals surface area (Å²) in [5.74, 6) is 0.115. The number of ether oxygens (including phenoxy) is 2. The molecule has 2 N–H and O–H groups in total. The molecule has 0 fully saturated rings. The first kappa shape index (κ1) is 18.2. The fourth-order valence-corrected chi connectivity index (χ4v) is 2.45. The lowest BCUT2D eigenvalue weighted by atomic mass is 10.0. The third-order valence-corrected chi connectivity index (χ3v) is 3.84. The predicted molar refractivity (Wildman–Crippen MR) is 87.3 cm³/mol. The number of hydrogen-bond acceptors (Lipinski definition) is 4. The summed E-state index contributed by atoms with van der Waals surface area (Å²) in [4.78, 5) is 0. The first-order chi connectivity index (χ1) is 11.5. The summed E-state index contributed by atoms with van der Waals surface area (Å²) < 4.78 is 37.4. The Labute approximate surface area is 140 Å². The highest BCUT2D eigenvalue weighted by molar-refractivity contribution is 5.41. The van der Waals surface area contributed by atoms with Crippen molar-refractivity contribution in [1.29, 1.82) is 0 Å². The molecule has 0 heterocycles. The number of aliphatic hydroxyl groups excluding tert-OH is 1. The van der Waals surface area contributed by atoms with Crippen LogP contribution < -0.4 is 14.8 Å². The molecular weight excluding hydrogens is 316 g/mol. The van der Waals surface area contributed by atoms with E-state index >= 15 is 0 Å². The Kier molecular flexibility index (Phi) is 6.11. The number of rotatable bonds is 7. The zero-order valence-corrected chi connectivity index (χ0v) is 13.8. The fourth-order valence-electron chi connectivity index (χ4n) is 2.45. The molecule has 0 radical (unpaired) electrons. The van der Waals surface area contributed by atoms with Gasteiger partial charge < -0.3 is 19.9 Å². The molecular formula is C18H21F2NO3. The van der Waals surface area contributed by atoms with Gasteiger partial charge in [-0.3, -0.25) is 0 Å². The highest BCUT2D eigenvalue weighted by Crippen LogP contribution is 2.29. The summed E-state index contributed by atoms with van der Waals surface area (Å²) in [6.07, 6.45) is -0.894. The van der Waals surface area contributed by atoms with Crippen LogP contribution >= 0.6 is 0 Å². The lowest BCUT2D eigenvalue weighted by Gasteiger charge is -2.20. The standard InChI is InChI=1S/C18H21F2NO3/c1-11(14-8-12(19)4-6-16(14)20)21-10-17(22)15-9-13(23-2)5-7-18(15)24-3/h4-9,11,17,21-22H,10H2,1-3H3. The molecule has 0 amide bonds. The Morgan fingerprint density at radius 3 is 2.46 bits per heavy atom. The molecule has 0 spiro atoms. The molecule has 2 atom stereocenters. The molecule has 0 saturated carbocycles. The van der Waals surface area contributed by atoms with Crippen molar-refractivity contribution in [3.63, 3.8) is 0 Å². The molecule has 2 unspecified atom stereocenters. The summed E-state index contributed by atoms with van der Waals surface area (Å²) in [5.41, 5.74) is 0.760. The molecule has 0 bridgehead atoms. The van der Waals surface area contributed by atoms with Gasteiger partial charge in [-0.15, -0.1) is 0 Å². The van der Waals surface area contributed by atoms with Gasteiger partial charge in [0.1, 0.15) is 23.1 Å². The normalized spacial score (nSPS) is 13.4. The van der Waals surface area contributed by atoms with Crippen LogP contribution in [0.2, 0.25) is 0 Å². The second-order valence-electron chi connectivity index (χ2n) is 5.42. The van der Waals surface area contributed by atoms with Gasteiger partial charge in [0.2, 0.25) is 0 Å².